The highest BCUT2D eigenvalue weighted by atomic mass is 35.5. The van der Waals surface area contributed by atoms with E-state index in [0.717, 1.165) is 23.2 Å². The fraction of sp³-hybridized carbons (Fsp3) is 0.182. The van der Waals surface area contributed by atoms with Crippen LogP contribution in [0.3, 0.4) is 0 Å². The van der Waals surface area contributed by atoms with E-state index in [0.29, 0.717) is 41.4 Å². The van der Waals surface area contributed by atoms with Gasteiger partial charge in [0.15, 0.2) is 5.82 Å². The van der Waals surface area contributed by atoms with Crippen molar-refractivity contribution < 1.29 is 9.59 Å². The molecule has 0 unspecified atom stereocenters. The number of aryl methyl sites for hydroxylation is 1. The number of hydrogen-bond donors (Lipinski definition) is 2. The van der Waals surface area contributed by atoms with Gasteiger partial charge in [-0.2, -0.15) is 10.4 Å². The standard InChI is InChI=1S/C22H18ClN5O2/c23-17-5-7-19(16(11-17)13-24)28-9-8-20(27-28)26-21(29)3-1-2-14-4-6-18-15(10-14)12-22(30)25-18/h4-11H,1-3,12H2,(H,25,30)(H,26,27,29). The van der Waals surface area contributed by atoms with Gasteiger partial charge in [0.2, 0.25) is 11.8 Å². The Bertz CT molecular complexity index is 1180. The Morgan fingerprint density at radius 2 is 2.13 bits per heavy atom. The minimum Gasteiger partial charge on any atom is -0.326 e. The molecular formula is C22H18ClN5O2. The van der Waals surface area contributed by atoms with E-state index in [2.05, 4.69) is 21.8 Å². The van der Waals surface area contributed by atoms with Crippen molar-refractivity contribution >= 4 is 34.9 Å². The predicted molar refractivity (Wildman–Crippen MR) is 114 cm³/mol. The molecule has 1 aromatic heterocycles. The molecule has 0 radical (unpaired) electrons. The van der Waals surface area contributed by atoms with Crippen LogP contribution in [0.2, 0.25) is 5.02 Å². The van der Waals surface area contributed by atoms with Gasteiger partial charge >= 0.3 is 0 Å². The molecule has 2 amide bonds. The minimum absolute atomic E-state index is 0.0152. The lowest BCUT2D eigenvalue weighted by molar-refractivity contribution is -0.116. The lowest BCUT2D eigenvalue weighted by Gasteiger charge is -2.06. The molecule has 2 N–H and O–H groups in total. The van der Waals surface area contributed by atoms with Gasteiger partial charge in [-0.3, -0.25) is 9.59 Å². The van der Waals surface area contributed by atoms with Crippen molar-refractivity contribution in [2.24, 2.45) is 0 Å². The number of fused-ring (bicyclic) bond motifs is 1. The van der Waals surface area contributed by atoms with Crippen molar-refractivity contribution in [3.8, 4) is 11.8 Å². The summed E-state index contributed by atoms with van der Waals surface area (Å²) in [5, 5.41) is 19.7. The van der Waals surface area contributed by atoms with Crippen LogP contribution in [0, 0.1) is 11.3 Å². The van der Waals surface area contributed by atoms with Crippen LogP contribution in [-0.4, -0.2) is 21.6 Å². The van der Waals surface area contributed by atoms with Gasteiger partial charge in [-0.15, -0.1) is 0 Å². The maximum atomic E-state index is 12.3. The second-order valence-electron chi connectivity index (χ2n) is 7.04. The summed E-state index contributed by atoms with van der Waals surface area (Å²) in [6.45, 7) is 0. The SMILES string of the molecule is N#Cc1cc(Cl)ccc1-n1ccc(NC(=O)CCCc2ccc3c(c2)CC(=O)N3)n1. The average molecular weight is 420 g/mol. The van der Waals surface area contributed by atoms with Crippen molar-refractivity contribution in [3.05, 3.63) is 70.4 Å². The number of benzene rings is 2. The number of carbonyl (C=O) groups is 2. The van der Waals surface area contributed by atoms with Crippen LogP contribution in [0.5, 0.6) is 0 Å². The van der Waals surface area contributed by atoms with Gasteiger partial charge in [0, 0.05) is 29.4 Å². The largest absolute Gasteiger partial charge is 0.326 e. The fourth-order valence-electron chi connectivity index (χ4n) is 3.42. The van der Waals surface area contributed by atoms with Crippen molar-refractivity contribution in [2.45, 2.75) is 25.7 Å². The first kappa shape index (κ1) is 19.7. The molecule has 1 aliphatic heterocycles. The van der Waals surface area contributed by atoms with E-state index in [9.17, 15) is 14.9 Å². The van der Waals surface area contributed by atoms with Crippen LogP contribution in [0.15, 0.2) is 48.7 Å². The lowest BCUT2D eigenvalue weighted by Crippen LogP contribution is -2.12. The molecule has 7 nitrogen and oxygen atoms in total. The van der Waals surface area contributed by atoms with Crippen LogP contribution in [0.25, 0.3) is 5.69 Å². The third-order valence-electron chi connectivity index (χ3n) is 4.85. The number of amides is 2. The number of carbonyl (C=O) groups excluding carboxylic acids is 2. The highest BCUT2D eigenvalue weighted by Gasteiger charge is 2.17. The first-order chi connectivity index (χ1) is 14.5. The number of nitriles is 1. The van der Waals surface area contributed by atoms with Crippen molar-refractivity contribution in [1.29, 1.82) is 5.26 Å². The second-order valence-corrected chi connectivity index (χ2v) is 7.47. The Morgan fingerprint density at radius 1 is 1.27 bits per heavy atom. The average Bonchev–Trinajstić information content (AvgIpc) is 3.33. The molecule has 1 aliphatic rings. The van der Waals surface area contributed by atoms with Gasteiger partial charge in [-0.1, -0.05) is 23.7 Å². The third kappa shape index (κ3) is 4.34. The molecule has 2 aromatic carbocycles. The summed E-state index contributed by atoms with van der Waals surface area (Å²) in [6.07, 6.45) is 3.88. The lowest BCUT2D eigenvalue weighted by atomic mass is 10.0. The molecule has 0 fully saturated rings. The number of anilines is 2. The summed E-state index contributed by atoms with van der Waals surface area (Å²) in [7, 11) is 0. The van der Waals surface area contributed by atoms with Gasteiger partial charge < -0.3 is 10.6 Å². The van der Waals surface area contributed by atoms with Gasteiger partial charge in [0.05, 0.1) is 17.7 Å². The molecule has 8 heteroatoms. The molecule has 0 saturated heterocycles. The van der Waals surface area contributed by atoms with Crippen molar-refractivity contribution in [2.75, 3.05) is 10.6 Å². The Morgan fingerprint density at radius 3 is 2.97 bits per heavy atom. The van der Waals surface area contributed by atoms with Crippen LogP contribution in [0.4, 0.5) is 11.5 Å². The van der Waals surface area contributed by atoms with E-state index in [-0.39, 0.29) is 11.8 Å². The Hall–Kier alpha value is -3.63. The molecule has 0 spiro atoms. The Balaban J connectivity index is 1.32. The third-order valence-corrected chi connectivity index (χ3v) is 5.08. The maximum Gasteiger partial charge on any atom is 0.228 e. The second kappa shape index (κ2) is 8.39. The first-order valence-electron chi connectivity index (χ1n) is 9.49. The summed E-state index contributed by atoms with van der Waals surface area (Å²) in [4.78, 5) is 23.7. The summed E-state index contributed by atoms with van der Waals surface area (Å²) in [5.74, 6) is 0.303. The quantitative estimate of drug-likeness (QED) is 0.633. The van der Waals surface area contributed by atoms with E-state index >= 15 is 0 Å². The molecule has 150 valence electrons. The monoisotopic (exact) mass is 419 g/mol. The van der Waals surface area contributed by atoms with Crippen LogP contribution in [-0.2, 0) is 22.4 Å². The van der Waals surface area contributed by atoms with Crippen molar-refractivity contribution in [3.63, 3.8) is 0 Å². The van der Waals surface area contributed by atoms with E-state index in [1.165, 1.54) is 4.68 Å². The molecule has 4 rings (SSSR count). The molecule has 0 saturated carbocycles. The van der Waals surface area contributed by atoms with E-state index in [1.807, 2.05) is 18.2 Å². The molecular weight excluding hydrogens is 402 g/mol. The van der Waals surface area contributed by atoms with Gasteiger partial charge in [-0.25, -0.2) is 4.68 Å². The van der Waals surface area contributed by atoms with E-state index in [1.54, 1.807) is 30.5 Å². The number of nitrogens with one attached hydrogen (secondary N) is 2. The Labute approximate surface area is 178 Å². The van der Waals surface area contributed by atoms with E-state index < -0.39 is 0 Å². The van der Waals surface area contributed by atoms with Gasteiger partial charge in [0.1, 0.15) is 6.07 Å². The molecule has 0 aliphatic carbocycles. The molecule has 0 atom stereocenters. The zero-order valence-electron chi connectivity index (χ0n) is 16.0. The zero-order chi connectivity index (χ0) is 21.1. The number of halogens is 1. The summed E-state index contributed by atoms with van der Waals surface area (Å²) in [6, 6.07) is 14.6. The van der Waals surface area contributed by atoms with Crippen LogP contribution in [0.1, 0.15) is 29.5 Å². The highest BCUT2D eigenvalue weighted by Crippen LogP contribution is 2.24. The van der Waals surface area contributed by atoms with Crippen LogP contribution >= 0.6 is 11.6 Å². The fourth-order valence-corrected chi connectivity index (χ4v) is 3.59. The molecule has 30 heavy (non-hydrogen) atoms. The molecule has 3 aromatic rings. The maximum absolute atomic E-state index is 12.3. The van der Waals surface area contributed by atoms with Gasteiger partial charge in [-0.05, 0) is 48.2 Å². The zero-order valence-corrected chi connectivity index (χ0v) is 16.7. The number of rotatable bonds is 6. The minimum atomic E-state index is -0.130. The van der Waals surface area contributed by atoms with Crippen molar-refractivity contribution in [1.82, 2.24) is 9.78 Å². The number of nitrogens with zero attached hydrogens (tertiary/aromatic N) is 3. The summed E-state index contributed by atoms with van der Waals surface area (Å²) < 4.78 is 1.53. The van der Waals surface area contributed by atoms with Crippen LogP contribution < -0.4 is 10.6 Å². The first-order valence-corrected chi connectivity index (χ1v) is 9.87. The summed E-state index contributed by atoms with van der Waals surface area (Å²) >= 11 is 5.93. The highest BCUT2D eigenvalue weighted by molar-refractivity contribution is 6.30. The molecule has 0 bridgehead atoms. The normalized spacial score (nSPS) is 12.2. The smallest absolute Gasteiger partial charge is 0.228 e. The Kier molecular flexibility index (Phi) is 5.50. The molecule has 2 heterocycles. The number of aromatic nitrogens is 2. The predicted octanol–water partition coefficient (Wildman–Crippen LogP) is 3.85. The topological polar surface area (TPSA) is 99.8 Å². The van der Waals surface area contributed by atoms with E-state index in [4.69, 9.17) is 11.6 Å². The summed E-state index contributed by atoms with van der Waals surface area (Å²) in [5.41, 5.74) is 3.97. The number of hydrogen-bond acceptors (Lipinski definition) is 4. The van der Waals surface area contributed by atoms with Gasteiger partial charge in [0.25, 0.3) is 0 Å².